The Morgan fingerprint density at radius 3 is 2.41 bits per heavy atom. The van der Waals surface area contributed by atoms with Crippen LogP contribution in [0.2, 0.25) is 0 Å². The molecular weight excluding hydrogens is 585 g/mol. The summed E-state index contributed by atoms with van der Waals surface area (Å²) in [6, 6.07) is 15.8. The molecule has 2 atom stereocenters. The number of ether oxygens (including phenoxy) is 1. The van der Waals surface area contributed by atoms with Gasteiger partial charge in [0.05, 0.1) is 13.1 Å². The lowest BCUT2D eigenvalue weighted by Gasteiger charge is -2.34. The molecule has 5 rings (SSSR count). The molecule has 2 heterocycles. The van der Waals surface area contributed by atoms with Crippen LogP contribution in [0, 0.1) is 17.6 Å². The van der Waals surface area contributed by atoms with Crippen molar-refractivity contribution in [1.82, 2.24) is 35.0 Å². The first-order chi connectivity index (χ1) is 21.0. The number of hydrogen-bond acceptors (Lipinski definition) is 7. The van der Waals surface area contributed by atoms with Gasteiger partial charge in [-0.25, -0.2) is 18.4 Å². The van der Waals surface area contributed by atoms with E-state index in [1.165, 1.54) is 52.5 Å². The number of allylic oxidation sites excluding steroid dienone is 1. The molecule has 9 nitrogen and oxygen atoms in total. The van der Waals surface area contributed by atoms with Crippen LogP contribution in [0.3, 0.4) is 0 Å². The third kappa shape index (κ3) is 7.50. The summed E-state index contributed by atoms with van der Waals surface area (Å²) in [6.07, 6.45) is 2.04. The summed E-state index contributed by atoms with van der Waals surface area (Å²) in [7, 11) is 0. The Labute approximate surface area is 248 Å². The molecule has 0 saturated carbocycles. The fourth-order valence-corrected chi connectivity index (χ4v) is 4.64. The second kappa shape index (κ2) is 12.7. The minimum absolute atomic E-state index is 0.0346. The zero-order valence-electron chi connectivity index (χ0n) is 23.2. The predicted molar refractivity (Wildman–Crippen MR) is 149 cm³/mol. The van der Waals surface area contributed by atoms with Crippen molar-refractivity contribution in [3.8, 4) is 17.1 Å². The highest BCUT2D eigenvalue weighted by Crippen LogP contribution is 2.36. The lowest BCUT2D eigenvalue weighted by atomic mass is 9.80. The summed E-state index contributed by atoms with van der Waals surface area (Å²) in [5.74, 6) is -2.03. The normalized spacial score (nSPS) is 14.1. The van der Waals surface area contributed by atoms with E-state index in [0.717, 1.165) is 17.7 Å². The Morgan fingerprint density at radius 1 is 1.00 bits per heavy atom. The molecule has 228 valence electrons. The van der Waals surface area contributed by atoms with Gasteiger partial charge in [0, 0.05) is 17.2 Å². The fourth-order valence-electron chi connectivity index (χ4n) is 4.64. The van der Waals surface area contributed by atoms with Crippen LogP contribution in [0.25, 0.3) is 17.5 Å². The van der Waals surface area contributed by atoms with Crippen LogP contribution in [-0.4, -0.2) is 46.4 Å². The molecule has 44 heavy (non-hydrogen) atoms. The number of alkyl halides is 3. The molecule has 0 radical (unpaired) electrons. The van der Waals surface area contributed by atoms with E-state index in [1.54, 1.807) is 6.92 Å². The van der Waals surface area contributed by atoms with Crippen molar-refractivity contribution in [2.45, 2.75) is 38.4 Å². The van der Waals surface area contributed by atoms with E-state index < -0.39 is 29.5 Å². The quantitative estimate of drug-likeness (QED) is 0.189. The number of hydrogen-bond donors (Lipinski definition) is 1. The topological polar surface area (TPSA) is 104 Å². The number of aliphatic hydroxyl groups is 1. The van der Waals surface area contributed by atoms with Crippen LogP contribution >= 0.6 is 0 Å². The van der Waals surface area contributed by atoms with E-state index in [1.807, 2.05) is 36.4 Å². The Hall–Kier alpha value is -4.98. The lowest BCUT2D eigenvalue weighted by molar-refractivity contribution is -0.274. The van der Waals surface area contributed by atoms with Crippen molar-refractivity contribution in [1.29, 1.82) is 0 Å². The smallest absolute Gasteiger partial charge is 0.406 e. The summed E-state index contributed by atoms with van der Waals surface area (Å²) in [5, 5.41) is 28.1. The van der Waals surface area contributed by atoms with E-state index in [4.69, 9.17) is 0 Å². The van der Waals surface area contributed by atoms with Crippen LogP contribution in [-0.2, 0) is 18.7 Å². The summed E-state index contributed by atoms with van der Waals surface area (Å²) >= 11 is 0. The van der Waals surface area contributed by atoms with Crippen molar-refractivity contribution in [2.24, 2.45) is 5.92 Å². The molecule has 2 aromatic heterocycles. The van der Waals surface area contributed by atoms with E-state index in [9.17, 15) is 27.1 Å². The molecule has 2 unspecified atom stereocenters. The Balaban J connectivity index is 1.22. The number of halogens is 5. The summed E-state index contributed by atoms with van der Waals surface area (Å²) < 4.78 is 70.7. The van der Waals surface area contributed by atoms with Crippen LogP contribution < -0.4 is 4.74 Å². The maximum absolute atomic E-state index is 14.8. The monoisotopic (exact) mass is 611 g/mol. The van der Waals surface area contributed by atoms with Gasteiger partial charge in [-0.1, -0.05) is 61.5 Å². The Morgan fingerprint density at radius 2 is 1.75 bits per heavy atom. The maximum atomic E-state index is 14.8. The minimum Gasteiger partial charge on any atom is -0.406 e. The summed E-state index contributed by atoms with van der Waals surface area (Å²) in [6.45, 7) is 1.89. The average Bonchev–Trinajstić information content (AvgIpc) is 3.66. The molecule has 0 saturated heterocycles. The summed E-state index contributed by atoms with van der Waals surface area (Å²) in [4.78, 5) is 5.21. The molecule has 0 bridgehead atoms. The van der Waals surface area contributed by atoms with Crippen LogP contribution in [0.5, 0.6) is 5.75 Å². The number of tetrazole rings is 1. The van der Waals surface area contributed by atoms with E-state index in [0.29, 0.717) is 23.4 Å². The first-order valence-corrected chi connectivity index (χ1v) is 13.4. The molecule has 0 aliphatic heterocycles. The van der Waals surface area contributed by atoms with Gasteiger partial charge in [-0.2, -0.15) is 9.90 Å². The van der Waals surface area contributed by atoms with Gasteiger partial charge < -0.3 is 9.84 Å². The van der Waals surface area contributed by atoms with E-state index in [2.05, 4.69) is 30.2 Å². The predicted octanol–water partition coefficient (Wildman–Crippen LogP) is 5.78. The van der Waals surface area contributed by atoms with Crippen molar-refractivity contribution in [3.63, 3.8) is 0 Å². The summed E-state index contributed by atoms with van der Waals surface area (Å²) in [5.41, 5.74) is 0.476. The highest BCUT2D eigenvalue weighted by atomic mass is 19.4. The van der Waals surface area contributed by atoms with Crippen LogP contribution in [0.15, 0.2) is 85.5 Å². The molecule has 0 aliphatic rings. The van der Waals surface area contributed by atoms with E-state index >= 15 is 0 Å². The number of aromatic nitrogens is 7. The molecule has 1 N–H and O–H groups in total. The Bertz CT molecular complexity index is 1710. The highest BCUT2D eigenvalue weighted by molar-refractivity contribution is 5.59. The number of rotatable bonds is 11. The molecule has 14 heteroatoms. The molecular formula is C30H26F5N7O2. The van der Waals surface area contributed by atoms with Gasteiger partial charge in [-0.3, -0.25) is 0 Å². The van der Waals surface area contributed by atoms with Crippen molar-refractivity contribution in [2.75, 3.05) is 0 Å². The zero-order chi connectivity index (χ0) is 31.3. The second-order valence-corrected chi connectivity index (χ2v) is 10.1. The molecule has 0 aliphatic carbocycles. The molecule has 0 amide bonds. The zero-order valence-corrected chi connectivity index (χ0v) is 23.2. The van der Waals surface area contributed by atoms with Crippen LogP contribution in [0.1, 0.15) is 30.0 Å². The van der Waals surface area contributed by atoms with Crippen molar-refractivity contribution in [3.05, 3.63) is 114 Å². The van der Waals surface area contributed by atoms with Gasteiger partial charge >= 0.3 is 6.36 Å². The van der Waals surface area contributed by atoms with E-state index in [-0.39, 0.29) is 24.4 Å². The van der Waals surface area contributed by atoms with Crippen molar-refractivity contribution < 1.29 is 31.8 Å². The molecule has 5 aromatic rings. The molecule has 0 fully saturated rings. The molecule has 0 spiro atoms. The maximum Gasteiger partial charge on any atom is 0.573 e. The third-order valence-electron chi connectivity index (χ3n) is 6.99. The standard InChI is InChI=1S/C30H26F5N7O2/c1-20(29(43,17-41-19-36-18-37-41)26-14-11-24(31)15-27(26)32)3-2-4-21-5-9-23(10-6-21)28-38-40-42(39-28)16-22-7-12-25(13-8-22)44-30(33,34)35/h2,4-15,18-20,43H,3,16-17H2,1H3/b4-2+. The SMILES string of the molecule is CC(C/C=C/c1ccc(-c2nnn(Cc3ccc(OC(F)(F)F)cc3)n2)cc1)C(O)(Cn1cncn1)c1ccc(F)cc1F. The fraction of sp³-hybridized carbons (Fsp3) is 0.233. The first kappa shape index (κ1) is 30.5. The second-order valence-electron chi connectivity index (χ2n) is 10.1. The largest absolute Gasteiger partial charge is 0.573 e. The van der Waals surface area contributed by atoms with Crippen LogP contribution in [0.4, 0.5) is 22.0 Å². The molecule has 3 aromatic carbocycles. The first-order valence-electron chi connectivity index (χ1n) is 13.4. The van der Waals surface area contributed by atoms with Crippen molar-refractivity contribution >= 4 is 6.08 Å². The van der Waals surface area contributed by atoms with Gasteiger partial charge in [0.25, 0.3) is 0 Å². The minimum atomic E-state index is -4.76. The van der Waals surface area contributed by atoms with Gasteiger partial charge in [0.1, 0.15) is 35.6 Å². The lowest BCUT2D eigenvalue weighted by Crippen LogP contribution is -2.39. The highest BCUT2D eigenvalue weighted by Gasteiger charge is 2.38. The van der Waals surface area contributed by atoms with Gasteiger partial charge in [-0.15, -0.1) is 23.4 Å². The van der Waals surface area contributed by atoms with Gasteiger partial charge in [-0.05, 0) is 46.9 Å². The average molecular weight is 612 g/mol. The third-order valence-corrected chi connectivity index (χ3v) is 6.99. The van der Waals surface area contributed by atoms with Gasteiger partial charge in [0.15, 0.2) is 0 Å². The Kier molecular flexibility index (Phi) is 8.81. The number of nitrogens with zero attached hydrogens (tertiary/aromatic N) is 7. The number of benzene rings is 3. The van der Waals surface area contributed by atoms with Gasteiger partial charge in [0.2, 0.25) is 5.82 Å².